The van der Waals surface area contributed by atoms with Crippen LogP contribution in [0.4, 0.5) is 5.69 Å². The zero-order chi connectivity index (χ0) is 18.5. The molecule has 3 rings (SSSR count). The Morgan fingerprint density at radius 3 is 2.62 bits per heavy atom. The van der Waals surface area contributed by atoms with Crippen LogP contribution in [0.1, 0.15) is 24.9 Å². The number of aryl methyl sites for hydroxylation is 1. The van der Waals surface area contributed by atoms with Gasteiger partial charge in [0.25, 0.3) is 0 Å². The number of rotatable bonds is 6. The number of amides is 2. The summed E-state index contributed by atoms with van der Waals surface area (Å²) in [4.78, 5) is 28.6. The number of hydrogen-bond acceptors (Lipinski definition) is 3. The normalized spacial score (nSPS) is 11.9. The lowest BCUT2D eigenvalue weighted by Crippen LogP contribution is -2.33. The Bertz CT molecular complexity index is 915. The summed E-state index contributed by atoms with van der Waals surface area (Å²) in [6.45, 7) is 4.09. The van der Waals surface area contributed by atoms with Crippen LogP contribution >= 0.6 is 0 Å². The molecule has 1 aromatic heterocycles. The average Bonchev–Trinajstić information content (AvgIpc) is 3.07. The highest BCUT2D eigenvalue weighted by molar-refractivity contribution is 5.91. The van der Waals surface area contributed by atoms with Crippen LogP contribution in [0.3, 0.4) is 0 Å². The average molecular weight is 350 g/mol. The number of nitrogens with one attached hydrogen (secondary N) is 2. The van der Waals surface area contributed by atoms with E-state index in [1.807, 2.05) is 66.9 Å². The second-order valence-corrected chi connectivity index (χ2v) is 6.27. The molecule has 0 spiro atoms. The van der Waals surface area contributed by atoms with E-state index in [0.717, 1.165) is 22.3 Å². The maximum absolute atomic E-state index is 12.4. The minimum Gasteiger partial charge on any atom is -0.354 e. The molecule has 1 heterocycles. The highest BCUT2D eigenvalue weighted by atomic mass is 16.2. The first-order chi connectivity index (χ1) is 12.5. The highest BCUT2D eigenvalue weighted by Crippen LogP contribution is 2.17. The molecule has 6 heteroatoms. The molecule has 0 saturated heterocycles. The van der Waals surface area contributed by atoms with Crippen molar-refractivity contribution in [3.8, 4) is 0 Å². The van der Waals surface area contributed by atoms with Crippen LogP contribution in [0.2, 0.25) is 0 Å². The van der Waals surface area contributed by atoms with E-state index in [-0.39, 0.29) is 24.8 Å². The standard InChI is InChI=1S/C20H22N4O2/c1-14-7-9-16(10-8-14)23-19(25)11-12-21-20(26)15(2)24-13-22-17-5-3-4-6-18(17)24/h3-10,13,15H,11-12H2,1-2H3,(H,21,26)(H,23,25)/t15-/m1/s1. The summed E-state index contributed by atoms with van der Waals surface area (Å²) in [5, 5.41) is 5.63. The van der Waals surface area contributed by atoms with Crippen LogP contribution in [0.25, 0.3) is 11.0 Å². The lowest BCUT2D eigenvalue weighted by Gasteiger charge is -2.14. The third-order valence-corrected chi connectivity index (χ3v) is 4.26. The van der Waals surface area contributed by atoms with Gasteiger partial charge in [0.05, 0.1) is 17.4 Å². The van der Waals surface area contributed by atoms with Crippen molar-refractivity contribution < 1.29 is 9.59 Å². The first kappa shape index (κ1) is 17.7. The fourth-order valence-corrected chi connectivity index (χ4v) is 2.72. The second kappa shape index (κ2) is 7.82. The third kappa shape index (κ3) is 4.08. The summed E-state index contributed by atoms with van der Waals surface area (Å²) < 4.78 is 1.83. The van der Waals surface area contributed by atoms with E-state index in [1.54, 1.807) is 6.33 Å². The molecule has 0 unspecified atom stereocenters. The van der Waals surface area contributed by atoms with Gasteiger partial charge in [-0.2, -0.15) is 0 Å². The van der Waals surface area contributed by atoms with E-state index >= 15 is 0 Å². The van der Waals surface area contributed by atoms with Crippen molar-refractivity contribution in [1.82, 2.24) is 14.9 Å². The predicted molar refractivity (Wildman–Crippen MR) is 102 cm³/mol. The fourth-order valence-electron chi connectivity index (χ4n) is 2.72. The zero-order valence-electron chi connectivity index (χ0n) is 14.9. The number of hydrogen-bond donors (Lipinski definition) is 2. The Balaban J connectivity index is 1.50. The summed E-state index contributed by atoms with van der Waals surface area (Å²) in [7, 11) is 0. The van der Waals surface area contributed by atoms with Gasteiger partial charge in [-0.3, -0.25) is 9.59 Å². The number of para-hydroxylation sites is 2. The van der Waals surface area contributed by atoms with Crippen LogP contribution in [-0.2, 0) is 9.59 Å². The molecule has 0 fully saturated rings. The first-order valence-corrected chi connectivity index (χ1v) is 8.60. The molecule has 3 aromatic rings. The highest BCUT2D eigenvalue weighted by Gasteiger charge is 2.17. The quantitative estimate of drug-likeness (QED) is 0.717. The van der Waals surface area contributed by atoms with E-state index in [4.69, 9.17) is 0 Å². The van der Waals surface area contributed by atoms with Crippen LogP contribution in [0.15, 0.2) is 54.9 Å². The van der Waals surface area contributed by atoms with E-state index < -0.39 is 6.04 Å². The molecule has 0 aliphatic rings. The van der Waals surface area contributed by atoms with Gasteiger partial charge in [-0.05, 0) is 38.1 Å². The summed E-state index contributed by atoms with van der Waals surface area (Å²) in [5.41, 5.74) is 3.65. The third-order valence-electron chi connectivity index (χ3n) is 4.26. The van der Waals surface area contributed by atoms with E-state index in [9.17, 15) is 9.59 Å². The molecular formula is C20H22N4O2. The van der Waals surface area contributed by atoms with Gasteiger partial charge >= 0.3 is 0 Å². The van der Waals surface area contributed by atoms with Crippen molar-refractivity contribution in [2.24, 2.45) is 0 Å². The second-order valence-electron chi connectivity index (χ2n) is 6.27. The molecule has 0 aliphatic carbocycles. The number of nitrogens with zero attached hydrogens (tertiary/aromatic N) is 2. The van der Waals surface area contributed by atoms with Gasteiger partial charge in [-0.15, -0.1) is 0 Å². The number of anilines is 1. The van der Waals surface area contributed by atoms with Crippen molar-refractivity contribution in [2.45, 2.75) is 26.3 Å². The minimum atomic E-state index is -0.400. The largest absolute Gasteiger partial charge is 0.354 e. The number of carbonyl (C=O) groups excluding carboxylic acids is 2. The molecule has 134 valence electrons. The fraction of sp³-hybridized carbons (Fsp3) is 0.250. The lowest BCUT2D eigenvalue weighted by atomic mass is 10.2. The van der Waals surface area contributed by atoms with Gasteiger partial charge in [0.1, 0.15) is 6.04 Å². The SMILES string of the molecule is Cc1ccc(NC(=O)CCNC(=O)[C@@H](C)n2cnc3ccccc32)cc1. The van der Waals surface area contributed by atoms with E-state index in [1.165, 1.54) is 0 Å². The number of benzene rings is 2. The molecule has 26 heavy (non-hydrogen) atoms. The van der Waals surface area contributed by atoms with Crippen molar-refractivity contribution in [3.63, 3.8) is 0 Å². The molecule has 2 aromatic carbocycles. The van der Waals surface area contributed by atoms with Crippen LogP contribution < -0.4 is 10.6 Å². The van der Waals surface area contributed by atoms with Gasteiger partial charge in [-0.1, -0.05) is 29.8 Å². The molecule has 2 amide bonds. The number of aromatic nitrogens is 2. The van der Waals surface area contributed by atoms with Gasteiger partial charge in [0.15, 0.2) is 0 Å². The predicted octanol–water partition coefficient (Wildman–Crippen LogP) is 3.05. The van der Waals surface area contributed by atoms with E-state index in [0.29, 0.717) is 0 Å². The summed E-state index contributed by atoms with van der Waals surface area (Å²) in [6, 6.07) is 14.9. The van der Waals surface area contributed by atoms with Gasteiger partial charge in [-0.25, -0.2) is 4.98 Å². The Kier molecular flexibility index (Phi) is 5.31. The molecular weight excluding hydrogens is 328 g/mol. The molecule has 1 atom stereocenters. The molecule has 0 bridgehead atoms. The summed E-state index contributed by atoms with van der Waals surface area (Å²) in [5.74, 6) is -0.272. The number of fused-ring (bicyclic) bond motifs is 1. The Labute approximate surface area is 152 Å². The zero-order valence-corrected chi connectivity index (χ0v) is 14.9. The summed E-state index contributed by atoms with van der Waals surface area (Å²) in [6.07, 6.45) is 1.88. The first-order valence-electron chi connectivity index (χ1n) is 8.60. The molecule has 0 radical (unpaired) electrons. The maximum Gasteiger partial charge on any atom is 0.242 e. The van der Waals surface area contributed by atoms with Gasteiger partial charge < -0.3 is 15.2 Å². The topological polar surface area (TPSA) is 76.0 Å². The van der Waals surface area contributed by atoms with E-state index in [2.05, 4.69) is 15.6 Å². The van der Waals surface area contributed by atoms with Crippen LogP contribution in [-0.4, -0.2) is 27.9 Å². The van der Waals surface area contributed by atoms with Gasteiger partial charge in [0.2, 0.25) is 11.8 Å². The minimum absolute atomic E-state index is 0.130. The monoisotopic (exact) mass is 350 g/mol. The van der Waals surface area contributed by atoms with Crippen LogP contribution in [0.5, 0.6) is 0 Å². The Morgan fingerprint density at radius 2 is 1.85 bits per heavy atom. The Morgan fingerprint density at radius 1 is 1.12 bits per heavy atom. The molecule has 6 nitrogen and oxygen atoms in total. The lowest BCUT2D eigenvalue weighted by molar-refractivity contribution is -0.123. The Hall–Kier alpha value is -3.15. The number of carbonyl (C=O) groups is 2. The number of imidazole rings is 1. The van der Waals surface area contributed by atoms with Crippen molar-refractivity contribution in [1.29, 1.82) is 0 Å². The van der Waals surface area contributed by atoms with Crippen LogP contribution in [0, 0.1) is 6.92 Å². The smallest absolute Gasteiger partial charge is 0.242 e. The van der Waals surface area contributed by atoms with Crippen molar-refractivity contribution in [3.05, 3.63) is 60.4 Å². The molecule has 2 N–H and O–H groups in total. The molecule has 0 aliphatic heterocycles. The van der Waals surface area contributed by atoms with Crippen molar-refractivity contribution in [2.75, 3.05) is 11.9 Å². The van der Waals surface area contributed by atoms with Gasteiger partial charge in [0, 0.05) is 18.7 Å². The molecule has 0 saturated carbocycles. The summed E-state index contributed by atoms with van der Waals surface area (Å²) >= 11 is 0. The van der Waals surface area contributed by atoms with Crippen molar-refractivity contribution >= 4 is 28.5 Å². The maximum atomic E-state index is 12.4.